The van der Waals surface area contributed by atoms with E-state index < -0.39 is 60.7 Å². The molecule has 0 amide bonds. The summed E-state index contributed by atoms with van der Waals surface area (Å²) in [5.41, 5.74) is 1.85. The fraction of sp³-hybridized carbons (Fsp3) is 0.262. The Hall–Kier alpha value is -6.26. The van der Waals surface area contributed by atoms with Crippen molar-refractivity contribution in [3.63, 3.8) is 0 Å². The highest BCUT2D eigenvalue weighted by Crippen LogP contribution is 2.44. The van der Waals surface area contributed by atoms with E-state index in [-0.39, 0.29) is 34.3 Å². The van der Waals surface area contributed by atoms with Crippen molar-refractivity contribution in [2.45, 2.75) is 61.4 Å². The molecule has 0 bridgehead atoms. The third-order valence-corrected chi connectivity index (χ3v) is 10.7. The first kappa shape index (κ1) is 38.6. The monoisotopic (exact) mass is 806 g/mol. The lowest BCUT2D eigenvalue weighted by atomic mass is 10.1. The molecule has 1 aliphatic carbocycles. The van der Waals surface area contributed by atoms with E-state index in [1.807, 2.05) is 6.92 Å². The van der Waals surface area contributed by atoms with Crippen LogP contribution < -0.4 is 5.32 Å². The number of benzene rings is 4. The lowest BCUT2D eigenvalue weighted by molar-refractivity contribution is -0.0661. The topological polar surface area (TPSA) is 157 Å². The number of rotatable bonds is 14. The first-order valence-corrected chi connectivity index (χ1v) is 19.6. The second-order valence-electron chi connectivity index (χ2n) is 13.7. The summed E-state index contributed by atoms with van der Waals surface area (Å²) < 4.78 is 53.6. The number of hydrogen-bond acceptors (Lipinski definition) is 13. The summed E-state index contributed by atoms with van der Waals surface area (Å²) in [5.74, 6) is -3.03. The van der Waals surface area contributed by atoms with E-state index in [1.165, 1.54) is 22.5 Å². The summed E-state index contributed by atoms with van der Waals surface area (Å²) in [6.07, 6.45) is -3.67. The molecule has 0 unspecified atom stereocenters. The van der Waals surface area contributed by atoms with Gasteiger partial charge in [0.2, 0.25) is 0 Å². The van der Waals surface area contributed by atoms with Crippen molar-refractivity contribution in [1.29, 1.82) is 0 Å². The zero-order valence-electron chi connectivity index (χ0n) is 30.9. The summed E-state index contributed by atoms with van der Waals surface area (Å²) in [7, 11) is 0. The number of fused-ring (bicyclic) bond motifs is 1. The van der Waals surface area contributed by atoms with Gasteiger partial charge in [-0.15, -0.1) is 5.10 Å². The molecule has 13 nitrogen and oxygen atoms in total. The van der Waals surface area contributed by atoms with Crippen molar-refractivity contribution in [2.24, 2.45) is 0 Å². The summed E-state index contributed by atoms with van der Waals surface area (Å²) in [4.78, 5) is 50.0. The lowest BCUT2D eigenvalue weighted by Crippen LogP contribution is -2.41. The van der Waals surface area contributed by atoms with Gasteiger partial charge in [-0.1, -0.05) is 84.6 Å². The SMILES string of the molecule is CCCSc1nc(N[C@@H]2C[C@H]2c2ccc(F)c(F)c2)c2nnn([C@@H]3O[C@H](COC(=O)c4ccccc4)[C@@H](OC(=O)c4ccccc4)[C@H]3OC(=O)c3ccccc3)c2n1. The largest absolute Gasteiger partial charge is 0.459 e. The van der Waals surface area contributed by atoms with Gasteiger partial charge in [0.05, 0.1) is 16.7 Å². The van der Waals surface area contributed by atoms with Crippen LogP contribution in [-0.4, -0.2) is 79.6 Å². The summed E-state index contributed by atoms with van der Waals surface area (Å²) >= 11 is 1.40. The molecular weight excluding hydrogens is 771 g/mol. The van der Waals surface area contributed by atoms with E-state index in [0.29, 0.717) is 34.3 Å². The average Bonchev–Trinajstić information content (AvgIpc) is 3.77. The van der Waals surface area contributed by atoms with Gasteiger partial charge >= 0.3 is 17.9 Å². The Bertz CT molecular complexity index is 2430. The zero-order chi connectivity index (χ0) is 40.2. The number of aromatic nitrogens is 5. The predicted molar refractivity (Wildman–Crippen MR) is 207 cm³/mol. The van der Waals surface area contributed by atoms with Crippen LogP contribution >= 0.6 is 11.8 Å². The van der Waals surface area contributed by atoms with Gasteiger partial charge < -0.3 is 24.3 Å². The third-order valence-electron chi connectivity index (χ3n) is 9.64. The molecule has 1 saturated heterocycles. The fourth-order valence-corrected chi connectivity index (χ4v) is 7.33. The van der Waals surface area contributed by atoms with E-state index >= 15 is 0 Å². The number of thioether (sulfide) groups is 1. The fourth-order valence-electron chi connectivity index (χ4n) is 6.64. The van der Waals surface area contributed by atoms with Crippen molar-refractivity contribution >= 4 is 46.7 Å². The molecule has 2 aliphatic rings. The van der Waals surface area contributed by atoms with Crippen LogP contribution in [0.2, 0.25) is 0 Å². The van der Waals surface area contributed by atoms with Gasteiger partial charge in [0.15, 0.2) is 52.2 Å². The van der Waals surface area contributed by atoms with E-state index in [2.05, 4.69) is 15.6 Å². The quantitative estimate of drug-likeness (QED) is 0.0512. The Kier molecular flexibility index (Phi) is 11.4. The van der Waals surface area contributed by atoms with Crippen LogP contribution in [0.3, 0.4) is 0 Å². The molecule has 1 saturated carbocycles. The van der Waals surface area contributed by atoms with Crippen LogP contribution in [0.5, 0.6) is 0 Å². The highest BCUT2D eigenvalue weighted by molar-refractivity contribution is 7.99. The van der Waals surface area contributed by atoms with Crippen molar-refractivity contribution in [3.05, 3.63) is 143 Å². The summed E-state index contributed by atoms with van der Waals surface area (Å²) in [6.45, 7) is 1.63. The van der Waals surface area contributed by atoms with Crippen LogP contribution in [0.15, 0.2) is 114 Å². The number of hydrogen-bond donors (Lipinski definition) is 1. The minimum Gasteiger partial charge on any atom is -0.459 e. The van der Waals surface area contributed by atoms with Crippen molar-refractivity contribution in [1.82, 2.24) is 25.0 Å². The second kappa shape index (κ2) is 17.1. The molecule has 1 N–H and O–H groups in total. The Morgan fingerprint density at radius 1 is 0.810 bits per heavy atom. The smallest absolute Gasteiger partial charge is 0.338 e. The Morgan fingerprint density at radius 2 is 1.43 bits per heavy atom. The molecule has 0 radical (unpaired) electrons. The molecular formula is C42H36F2N6O7S. The van der Waals surface area contributed by atoms with Gasteiger partial charge in [-0.25, -0.2) is 33.1 Å². The zero-order valence-corrected chi connectivity index (χ0v) is 31.8. The summed E-state index contributed by atoms with van der Waals surface area (Å²) in [5, 5.41) is 12.6. The standard InChI is InChI=1S/C42H36F2N6O7S/c1-2-20-58-42-46-36(45-31-22-28(31)27-18-19-29(43)30(44)21-27)33-37(47-42)50(49-48-33)38-35(57-41(53)26-16-10-5-11-17-26)34(56-40(52)25-14-8-4-9-15-25)32(55-38)23-54-39(51)24-12-6-3-7-13-24/h3-19,21,28,31-32,34-35,38H,2,20,22-23H2,1H3,(H,45,46,47)/t28-,31+,32+,34+,35+,38+/m0/s1. The van der Waals surface area contributed by atoms with Crippen LogP contribution in [0.4, 0.5) is 14.6 Å². The minimum absolute atomic E-state index is 0.110. The number of ether oxygens (including phenoxy) is 4. The highest BCUT2D eigenvalue weighted by Gasteiger charge is 2.52. The van der Waals surface area contributed by atoms with Gasteiger partial charge in [-0.05, 0) is 66.9 Å². The number of nitrogens with one attached hydrogen (secondary N) is 1. The van der Waals surface area contributed by atoms with Crippen LogP contribution in [0.25, 0.3) is 11.2 Å². The molecule has 296 valence electrons. The van der Waals surface area contributed by atoms with Crippen LogP contribution in [-0.2, 0) is 18.9 Å². The molecule has 3 heterocycles. The number of carbonyl (C=O) groups excluding carboxylic acids is 3. The number of halogens is 2. The summed E-state index contributed by atoms with van der Waals surface area (Å²) in [6, 6.07) is 28.6. The van der Waals surface area contributed by atoms with Gasteiger partial charge in [0, 0.05) is 17.7 Å². The second-order valence-corrected chi connectivity index (χ2v) is 14.7. The minimum atomic E-state index is -1.36. The van der Waals surface area contributed by atoms with Gasteiger partial charge in [-0.2, -0.15) is 4.68 Å². The van der Waals surface area contributed by atoms with Crippen molar-refractivity contribution in [3.8, 4) is 0 Å². The Morgan fingerprint density at radius 3 is 2.05 bits per heavy atom. The van der Waals surface area contributed by atoms with Gasteiger partial charge in [-0.3, -0.25) is 0 Å². The molecule has 16 heteroatoms. The first-order chi connectivity index (χ1) is 28.3. The normalized spacial score (nSPS) is 21.0. The number of carbonyl (C=O) groups is 3. The Balaban J connectivity index is 1.16. The predicted octanol–water partition coefficient (Wildman–Crippen LogP) is 7.18. The number of anilines is 1. The maximum atomic E-state index is 14.1. The molecule has 2 aromatic heterocycles. The maximum absolute atomic E-state index is 14.1. The molecule has 8 rings (SSSR count). The van der Waals surface area contributed by atoms with Gasteiger partial charge in [0.25, 0.3) is 0 Å². The number of nitrogens with zero attached hydrogens (tertiary/aromatic N) is 5. The van der Waals surface area contributed by atoms with Gasteiger partial charge in [0.1, 0.15) is 12.7 Å². The molecule has 2 fully saturated rings. The van der Waals surface area contributed by atoms with E-state index in [1.54, 1.807) is 97.1 Å². The van der Waals surface area contributed by atoms with Crippen LogP contribution in [0.1, 0.15) is 68.5 Å². The van der Waals surface area contributed by atoms with Crippen molar-refractivity contribution < 1.29 is 42.1 Å². The average molecular weight is 807 g/mol. The molecule has 6 atom stereocenters. The maximum Gasteiger partial charge on any atom is 0.338 e. The lowest BCUT2D eigenvalue weighted by Gasteiger charge is -2.24. The molecule has 58 heavy (non-hydrogen) atoms. The van der Waals surface area contributed by atoms with Crippen LogP contribution in [0, 0.1) is 11.6 Å². The molecule has 1 aliphatic heterocycles. The molecule has 4 aromatic carbocycles. The van der Waals surface area contributed by atoms with Crippen molar-refractivity contribution in [2.75, 3.05) is 17.7 Å². The Labute approximate surface area is 335 Å². The molecule has 6 aromatic rings. The first-order valence-electron chi connectivity index (χ1n) is 18.6. The number of esters is 3. The van der Waals surface area contributed by atoms with E-state index in [0.717, 1.165) is 12.5 Å². The van der Waals surface area contributed by atoms with E-state index in [4.69, 9.17) is 28.9 Å². The van der Waals surface area contributed by atoms with E-state index in [9.17, 15) is 23.2 Å². The third kappa shape index (κ3) is 8.38. The highest BCUT2D eigenvalue weighted by atomic mass is 32.2. The molecule has 0 spiro atoms.